The Bertz CT molecular complexity index is 411. The summed E-state index contributed by atoms with van der Waals surface area (Å²) in [5.74, 6) is 0.665. The quantitative estimate of drug-likeness (QED) is 0.923. The van der Waals surface area contributed by atoms with Gasteiger partial charge in [0.1, 0.15) is 0 Å². The Morgan fingerprint density at radius 3 is 2.95 bits per heavy atom. The molecule has 1 aromatic rings. The minimum atomic E-state index is -0.247. The highest BCUT2D eigenvalue weighted by Gasteiger charge is 2.43. The van der Waals surface area contributed by atoms with E-state index in [2.05, 4.69) is 28.0 Å². The van der Waals surface area contributed by atoms with Crippen LogP contribution in [-0.4, -0.2) is 22.0 Å². The standard InChI is InChI=1S/C14H24BrN3O/c1-4-19-14(7-5-6-10(2)8-14)13(16)12-11(15)9-17-18(12)3/h9-10,13H,4-8,16H2,1-3H3. The average molecular weight is 330 g/mol. The molecule has 4 nitrogen and oxygen atoms in total. The lowest BCUT2D eigenvalue weighted by Gasteiger charge is -2.43. The van der Waals surface area contributed by atoms with Gasteiger partial charge in [-0.3, -0.25) is 4.68 Å². The van der Waals surface area contributed by atoms with E-state index in [-0.39, 0.29) is 11.6 Å². The fourth-order valence-electron chi connectivity index (χ4n) is 3.35. The highest BCUT2D eigenvalue weighted by atomic mass is 79.9. The Kier molecular flexibility index (Phi) is 4.69. The lowest BCUT2D eigenvalue weighted by Crippen LogP contribution is -2.48. The van der Waals surface area contributed by atoms with Gasteiger partial charge in [0, 0.05) is 13.7 Å². The van der Waals surface area contributed by atoms with E-state index in [0.717, 1.165) is 23.0 Å². The van der Waals surface area contributed by atoms with Gasteiger partial charge in [0.2, 0.25) is 0 Å². The van der Waals surface area contributed by atoms with Crippen LogP contribution in [0.25, 0.3) is 0 Å². The molecular weight excluding hydrogens is 306 g/mol. The summed E-state index contributed by atoms with van der Waals surface area (Å²) in [6.07, 6.45) is 6.32. The number of ether oxygens (including phenoxy) is 1. The van der Waals surface area contributed by atoms with Crippen molar-refractivity contribution in [1.29, 1.82) is 0 Å². The molecule has 0 spiro atoms. The van der Waals surface area contributed by atoms with Gasteiger partial charge >= 0.3 is 0 Å². The third kappa shape index (κ3) is 2.88. The molecule has 0 aromatic carbocycles. The molecule has 1 aliphatic carbocycles. The zero-order chi connectivity index (χ0) is 14.0. The second kappa shape index (κ2) is 5.94. The van der Waals surface area contributed by atoms with Crippen LogP contribution in [0.3, 0.4) is 0 Å². The van der Waals surface area contributed by atoms with E-state index >= 15 is 0 Å². The predicted molar refractivity (Wildman–Crippen MR) is 79.8 cm³/mol. The van der Waals surface area contributed by atoms with E-state index in [9.17, 15) is 0 Å². The summed E-state index contributed by atoms with van der Waals surface area (Å²) in [5.41, 5.74) is 7.37. The van der Waals surface area contributed by atoms with E-state index in [4.69, 9.17) is 10.5 Å². The van der Waals surface area contributed by atoms with E-state index < -0.39 is 0 Å². The molecule has 0 amide bonds. The summed E-state index contributed by atoms with van der Waals surface area (Å²) in [6.45, 7) is 5.04. The average Bonchev–Trinajstić information content (AvgIpc) is 2.68. The van der Waals surface area contributed by atoms with Gasteiger partial charge in [0.15, 0.2) is 0 Å². The third-order valence-electron chi connectivity index (χ3n) is 4.22. The van der Waals surface area contributed by atoms with Gasteiger partial charge in [0.05, 0.1) is 28.0 Å². The second-order valence-electron chi connectivity index (χ2n) is 5.68. The van der Waals surface area contributed by atoms with Crippen molar-refractivity contribution in [3.8, 4) is 0 Å². The molecule has 0 saturated heterocycles. The molecule has 1 aliphatic rings. The molecule has 2 N–H and O–H groups in total. The summed E-state index contributed by atoms with van der Waals surface area (Å²) >= 11 is 3.56. The van der Waals surface area contributed by atoms with Gasteiger partial charge < -0.3 is 10.5 Å². The zero-order valence-electron chi connectivity index (χ0n) is 12.0. The SMILES string of the molecule is CCOC1(C(N)c2c(Br)cnn2C)CCCC(C)C1. The Hall–Kier alpha value is -0.390. The van der Waals surface area contributed by atoms with Crippen LogP contribution in [0.5, 0.6) is 0 Å². The summed E-state index contributed by atoms with van der Waals surface area (Å²) in [4.78, 5) is 0. The van der Waals surface area contributed by atoms with Gasteiger partial charge in [-0.1, -0.05) is 19.8 Å². The third-order valence-corrected chi connectivity index (χ3v) is 4.83. The molecule has 1 fully saturated rings. The highest BCUT2D eigenvalue weighted by molar-refractivity contribution is 9.10. The van der Waals surface area contributed by atoms with Crippen molar-refractivity contribution in [3.05, 3.63) is 16.4 Å². The van der Waals surface area contributed by atoms with Crippen LogP contribution in [-0.2, 0) is 11.8 Å². The van der Waals surface area contributed by atoms with E-state index in [0.29, 0.717) is 12.5 Å². The Labute approximate surface area is 123 Å². The minimum absolute atomic E-state index is 0.142. The van der Waals surface area contributed by atoms with E-state index in [1.54, 1.807) is 6.20 Å². The van der Waals surface area contributed by atoms with Crippen LogP contribution >= 0.6 is 15.9 Å². The van der Waals surface area contributed by atoms with Crippen molar-refractivity contribution < 1.29 is 4.74 Å². The largest absolute Gasteiger partial charge is 0.373 e. The molecule has 3 unspecified atom stereocenters. The van der Waals surface area contributed by atoms with Crippen LogP contribution in [0.15, 0.2) is 10.7 Å². The number of rotatable bonds is 4. The van der Waals surface area contributed by atoms with Crippen LogP contribution in [0.2, 0.25) is 0 Å². The van der Waals surface area contributed by atoms with Crippen molar-refractivity contribution >= 4 is 15.9 Å². The predicted octanol–water partition coefficient (Wildman–Crippen LogP) is 3.17. The molecule has 3 atom stereocenters. The Morgan fingerprint density at radius 2 is 2.42 bits per heavy atom. The number of hydrogen-bond acceptors (Lipinski definition) is 3. The number of aryl methyl sites for hydroxylation is 1. The number of halogens is 1. The molecule has 1 aromatic heterocycles. The lowest BCUT2D eigenvalue weighted by atomic mass is 9.74. The Morgan fingerprint density at radius 1 is 1.68 bits per heavy atom. The van der Waals surface area contributed by atoms with Crippen molar-refractivity contribution in [2.45, 2.75) is 51.2 Å². The van der Waals surface area contributed by atoms with Gasteiger partial charge in [-0.2, -0.15) is 5.10 Å². The molecule has 2 rings (SSSR count). The maximum Gasteiger partial charge on any atom is 0.0892 e. The van der Waals surface area contributed by atoms with Crippen LogP contribution in [0.4, 0.5) is 0 Å². The first kappa shape index (κ1) is 15.0. The van der Waals surface area contributed by atoms with Gasteiger partial charge in [-0.15, -0.1) is 0 Å². The van der Waals surface area contributed by atoms with Gasteiger partial charge in [0.25, 0.3) is 0 Å². The fourth-order valence-corrected chi connectivity index (χ4v) is 3.95. The van der Waals surface area contributed by atoms with Crippen molar-refractivity contribution in [3.63, 3.8) is 0 Å². The van der Waals surface area contributed by atoms with E-state index in [1.807, 2.05) is 18.7 Å². The first-order valence-corrected chi connectivity index (χ1v) is 7.86. The maximum atomic E-state index is 6.58. The molecule has 108 valence electrons. The molecular formula is C14H24BrN3O. The summed E-state index contributed by atoms with van der Waals surface area (Å²) < 4.78 is 8.98. The molecule has 0 radical (unpaired) electrons. The maximum absolute atomic E-state index is 6.58. The summed E-state index contributed by atoms with van der Waals surface area (Å²) in [5, 5.41) is 4.28. The van der Waals surface area contributed by atoms with Crippen molar-refractivity contribution in [2.24, 2.45) is 18.7 Å². The van der Waals surface area contributed by atoms with Crippen LogP contribution < -0.4 is 5.73 Å². The smallest absolute Gasteiger partial charge is 0.0892 e. The van der Waals surface area contributed by atoms with Crippen LogP contribution in [0.1, 0.15) is 51.3 Å². The molecule has 0 aliphatic heterocycles. The number of hydrogen-bond donors (Lipinski definition) is 1. The normalized spacial score (nSPS) is 29.4. The molecule has 19 heavy (non-hydrogen) atoms. The number of nitrogens with two attached hydrogens (primary N) is 1. The van der Waals surface area contributed by atoms with Crippen LogP contribution in [0, 0.1) is 5.92 Å². The second-order valence-corrected chi connectivity index (χ2v) is 6.53. The van der Waals surface area contributed by atoms with Crippen molar-refractivity contribution in [1.82, 2.24) is 9.78 Å². The first-order valence-electron chi connectivity index (χ1n) is 7.07. The molecule has 5 heteroatoms. The van der Waals surface area contributed by atoms with Crippen molar-refractivity contribution in [2.75, 3.05) is 6.61 Å². The lowest BCUT2D eigenvalue weighted by molar-refractivity contribution is -0.0953. The zero-order valence-corrected chi connectivity index (χ0v) is 13.6. The summed E-state index contributed by atoms with van der Waals surface area (Å²) in [6, 6.07) is -0.142. The minimum Gasteiger partial charge on any atom is -0.373 e. The fraction of sp³-hybridized carbons (Fsp3) is 0.786. The Balaban J connectivity index is 2.33. The van der Waals surface area contributed by atoms with Gasteiger partial charge in [-0.25, -0.2) is 0 Å². The summed E-state index contributed by atoms with van der Waals surface area (Å²) in [7, 11) is 1.94. The molecule has 1 heterocycles. The number of nitrogens with zero attached hydrogens (tertiary/aromatic N) is 2. The monoisotopic (exact) mass is 329 g/mol. The van der Waals surface area contributed by atoms with E-state index in [1.165, 1.54) is 12.8 Å². The van der Waals surface area contributed by atoms with Gasteiger partial charge in [-0.05, 0) is 41.6 Å². The number of aromatic nitrogens is 2. The highest BCUT2D eigenvalue weighted by Crippen LogP contribution is 2.43. The molecule has 1 saturated carbocycles. The molecule has 0 bridgehead atoms. The topological polar surface area (TPSA) is 53.1 Å². The first-order chi connectivity index (χ1) is 9.00.